The number of likely N-dealkylation sites (N-methyl/N-ethyl adjacent to an activating group) is 1. The van der Waals surface area contributed by atoms with E-state index >= 15 is 0 Å². The summed E-state index contributed by atoms with van der Waals surface area (Å²) in [6.45, 7) is 11.5. The second-order valence-corrected chi connectivity index (χ2v) is 5.78. The lowest BCUT2D eigenvalue weighted by Gasteiger charge is -2.40. The lowest BCUT2D eigenvalue weighted by molar-refractivity contribution is 0.0855. The van der Waals surface area contributed by atoms with Gasteiger partial charge in [0.25, 0.3) is 0 Å². The predicted molar refractivity (Wildman–Crippen MR) is 89.2 cm³/mol. The Morgan fingerprint density at radius 1 is 1.24 bits per heavy atom. The van der Waals surface area contributed by atoms with E-state index in [1.54, 1.807) is 7.11 Å². The summed E-state index contributed by atoms with van der Waals surface area (Å²) in [6.07, 6.45) is 0. The summed E-state index contributed by atoms with van der Waals surface area (Å²) >= 11 is 0. The van der Waals surface area contributed by atoms with Crippen molar-refractivity contribution in [2.75, 3.05) is 57.9 Å². The first-order valence-corrected chi connectivity index (χ1v) is 8.00. The highest BCUT2D eigenvalue weighted by Crippen LogP contribution is 2.18. The molecule has 0 bridgehead atoms. The highest BCUT2D eigenvalue weighted by molar-refractivity contribution is 5.48. The molecular weight excluding hydrogens is 262 g/mol. The van der Waals surface area contributed by atoms with Crippen LogP contribution in [-0.2, 0) is 4.74 Å². The van der Waals surface area contributed by atoms with Gasteiger partial charge >= 0.3 is 0 Å². The zero-order chi connectivity index (χ0) is 15.1. The van der Waals surface area contributed by atoms with Gasteiger partial charge in [-0.2, -0.15) is 0 Å². The molecule has 0 saturated carbocycles. The first-order valence-electron chi connectivity index (χ1n) is 8.00. The number of nitrogens with zero attached hydrogens (tertiary/aromatic N) is 2. The normalized spacial score (nSPS) is 18.0. The van der Waals surface area contributed by atoms with E-state index in [0.29, 0.717) is 6.04 Å². The van der Waals surface area contributed by atoms with Crippen molar-refractivity contribution in [1.29, 1.82) is 0 Å². The number of rotatable bonds is 7. The Bertz CT molecular complexity index is 416. The number of hydrogen-bond donors (Lipinski definition) is 1. The van der Waals surface area contributed by atoms with Crippen molar-refractivity contribution in [2.24, 2.45) is 0 Å². The van der Waals surface area contributed by atoms with Crippen molar-refractivity contribution in [1.82, 2.24) is 10.2 Å². The molecule has 1 fully saturated rings. The molecule has 1 atom stereocenters. The van der Waals surface area contributed by atoms with Crippen molar-refractivity contribution < 1.29 is 4.74 Å². The van der Waals surface area contributed by atoms with Crippen LogP contribution in [0, 0.1) is 6.92 Å². The zero-order valence-electron chi connectivity index (χ0n) is 13.6. The first kappa shape index (κ1) is 16.3. The van der Waals surface area contributed by atoms with Gasteiger partial charge in [0.15, 0.2) is 0 Å². The Morgan fingerprint density at radius 3 is 2.62 bits per heavy atom. The SMILES string of the molecule is CCNCC(COC)N1CCN(c2cccc(C)c2)CC1. The third-order valence-electron chi connectivity index (χ3n) is 4.19. The second-order valence-electron chi connectivity index (χ2n) is 5.78. The number of methoxy groups -OCH3 is 1. The predicted octanol–water partition coefficient (Wildman–Crippen LogP) is 1.74. The summed E-state index contributed by atoms with van der Waals surface area (Å²) in [7, 11) is 1.79. The van der Waals surface area contributed by atoms with E-state index in [0.717, 1.165) is 45.9 Å². The molecule has 1 aliphatic heterocycles. The molecule has 1 saturated heterocycles. The number of anilines is 1. The topological polar surface area (TPSA) is 27.7 Å². The van der Waals surface area contributed by atoms with E-state index in [9.17, 15) is 0 Å². The van der Waals surface area contributed by atoms with E-state index in [4.69, 9.17) is 4.74 Å². The second kappa shape index (κ2) is 8.37. The van der Waals surface area contributed by atoms with Crippen LogP contribution >= 0.6 is 0 Å². The van der Waals surface area contributed by atoms with Crippen LogP contribution in [0.1, 0.15) is 12.5 Å². The Balaban J connectivity index is 1.89. The molecule has 1 aromatic carbocycles. The van der Waals surface area contributed by atoms with Crippen molar-refractivity contribution in [3.8, 4) is 0 Å². The van der Waals surface area contributed by atoms with Gasteiger partial charge in [-0.3, -0.25) is 4.90 Å². The largest absolute Gasteiger partial charge is 0.383 e. The quantitative estimate of drug-likeness (QED) is 0.828. The van der Waals surface area contributed by atoms with Crippen molar-refractivity contribution in [2.45, 2.75) is 19.9 Å². The maximum atomic E-state index is 5.39. The molecule has 1 aromatic rings. The third-order valence-corrected chi connectivity index (χ3v) is 4.19. The fourth-order valence-corrected chi connectivity index (χ4v) is 2.97. The van der Waals surface area contributed by atoms with Gasteiger partial charge in [0, 0.05) is 51.6 Å². The van der Waals surface area contributed by atoms with Crippen LogP contribution in [0.5, 0.6) is 0 Å². The summed E-state index contributed by atoms with van der Waals surface area (Å²) in [6, 6.07) is 9.28. The van der Waals surface area contributed by atoms with Gasteiger partial charge in [-0.1, -0.05) is 19.1 Å². The lowest BCUT2D eigenvalue weighted by atomic mass is 10.1. The van der Waals surface area contributed by atoms with Gasteiger partial charge in [-0.15, -0.1) is 0 Å². The maximum Gasteiger partial charge on any atom is 0.0630 e. The molecule has 4 nitrogen and oxygen atoms in total. The molecule has 1 heterocycles. The molecule has 1 N–H and O–H groups in total. The zero-order valence-corrected chi connectivity index (χ0v) is 13.6. The van der Waals surface area contributed by atoms with E-state index in [-0.39, 0.29) is 0 Å². The minimum absolute atomic E-state index is 0.481. The number of hydrogen-bond acceptors (Lipinski definition) is 4. The molecule has 0 amide bonds. The molecule has 0 aliphatic carbocycles. The Hall–Kier alpha value is -1.10. The molecule has 2 rings (SSSR count). The molecule has 21 heavy (non-hydrogen) atoms. The minimum Gasteiger partial charge on any atom is -0.383 e. The fourth-order valence-electron chi connectivity index (χ4n) is 2.97. The van der Waals surface area contributed by atoms with Gasteiger partial charge in [-0.05, 0) is 31.2 Å². The van der Waals surface area contributed by atoms with Crippen LogP contribution in [0.15, 0.2) is 24.3 Å². The number of benzene rings is 1. The molecule has 118 valence electrons. The molecular formula is C17H29N3O. The summed E-state index contributed by atoms with van der Waals surface area (Å²) < 4.78 is 5.39. The number of ether oxygens (including phenoxy) is 1. The standard InChI is InChI=1S/C17H29N3O/c1-4-18-13-17(14-21-3)20-10-8-19(9-11-20)16-7-5-6-15(2)12-16/h5-7,12,17-18H,4,8-11,13-14H2,1-3H3. The lowest BCUT2D eigenvalue weighted by Crippen LogP contribution is -2.54. The summed E-state index contributed by atoms with van der Waals surface area (Å²) in [5.41, 5.74) is 2.68. The molecule has 1 aliphatic rings. The van der Waals surface area contributed by atoms with Crippen LogP contribution in [0.25, 0.3) is 0 Å². The molecule has 1 unspecified atom stereocenters. The van der Waals surface area contributed by atoms with E-state index in [2.05, 4.69) is 53.2 Å². The van der Waals surface area contributed by atoms with E-state index in [1.165, 1.54) is 11.3 Å². The number of piperazine rings is 1. The Labute approximate surface area is 129 Å². The monoisotopic (exact) mass is 291 g/mol. The number of nitrogens with one attached hydrogen (secondary N) is 1. The van der Waals surface area contributed by atoms with Crippen molar-refractivity contribution in [3.05, 3.63) is 29.8 Å². The smallest absolute Gasteiger partial charge is 0.0630 e. The van der Waals surface area contributed by atoms with Gasteiger partial charge in [-0.25, -0.2) is 0 Å². The van der Waals surface area contributed by atoms with Gasteiger partial charge in [0.05, 0.1) is 6.61 Å². The summed E-state index contributed by atoms with van der Waals surface area (Å²) in [5.74, 6) is 0. The summed E-state index contributed by atoms with van der Waals surface area (Å²) in [4.78, 5) is 5.04. The van der Waals surface area contributed by atoms with Crippen LogP contribution < -0.4 is 10.2 Å². The van der Waals surface area contributed by atoms with E-state index in [1.807, 2.05) is 0 Å². The minimum atomic E-state index is 0.481. The Kier molecular flexibility index (Phi) is 6.49. The van der Waals surface area contributed by atoms with Gasteiger partial charge in [0.2, 0.25) is 0 Å². The van der Waals surface area contributed by atoms with Gasteiger partial charge < -0.3 is 15.0 Å². The average Bonchev–Trinajstić information content (AvgIpc) is 2.52. The molecule has 0 radical (unpaired) electrons. The fraction of sp³-hybridized carbons (Fsp3) is 0.647. The highest BCUT2D eigenvalue weighted by atomic mass is 16.5. The van der Waals surface area contributed by atoms with Gasteiger partial charge in [0.1, 0.15) is 0 Å². The molecule has 0 aromatic heterocycles. The third kappa shape index (κ3) is 4.70. The van der Waals surface area contributed by atoms with Crippen LogP contribution in [0.4, 0.5) is 5.69 Å². The average molecular weight is 291 g/mol. The highest BCUT2D eigenvalue weighted by Gasteiger charge is 2.23. The number of aryl methyl sites for hydroxylation is 1. The van der Waals surface area contributed by atoms with Crippen LogP contribution in [0.3, 0.4) is 0 Å². The molecule has 0 spiro atoms. The maximum absolute atomic E-state index is 5.39. The first-order chi connectivity index (χ1) is 10.2. The van der Waals surface area contributed by atoms with Crippen LogP contribution in [-0.4, -0.2) is 63.9 Å². The van der Waals surface area contributed by atoms with E-state index < -0.39 is 0 Å². The van der Waals surface area contributed by atoms with Crippen LogP contribution in [0.2, 0.25) is 0 Å². The van der Waals surface area contributed by atoms with Crippen molar-refractivity contribution in [3.63, 3.8) is 0 Å². The van der Waals surface area contributed by atoms with Crippen molar-refractivity contribution >= 4 is 5.69 Å². The Morgan fingerprint density at radius 2 is 2.00 bits per heavy atom. The molecule has 4 heteroatoms. The summed E-state index contributed by atoms with van der Waals surface area (Å²) in [5, 5.41) is 3.45.